The van der Waals surface area contributed by atoms with Crippen LogP contribution in [0.4, 0.5) is 5.13 Å². The first-order valence-electron chi connectivity index (χ1n) is 9.89. The number of benzene rings is 3. The van der Waals surface area contributed by atoms with Gasteiger partial charge in [-0.3, -0.25) is 9.69 Å². The maximum absolute atomic E-state index is 13.6. The Kier molecular flexibility index (Phi) is 5.53. The first kappa shape index (κ1) is 19.9. The first-order chi connectivity index (χ1) is 15.2. The van der Waals surface area contributed by atoms with Gasteiger partial charge in [-0.25, -0.2) is 4.98 Å². The smallest absolute Gasteiger partial charge is 0.273 e. The molecule has 2 heterocycles. The molecule has 7 heteroatoms. The molecule has 1 aliphatic heterocycles. The molecule has 5 rings (SSSR count). The minimum atomic E-state index is -0.729. The molecule has 156 valence electrons. The van der Waals surface area contributed by atoms with Gasteiger partial charge in [-0.15, -0.1) is 11.8 Å². The molecule has 1 aliphatic rings. The van der Waals surface area contributed by atoms with Crippen molar-refractivity contribution in [3.63, 3.8) is 0 Å². The fraction of sp³-hybridized carbons (Fsp3) is 0.167. The zero-order chi connectivity index (χ0) is 21.2. The maximum Gasteiger partial charge on any atom is 0.273 e. The quantitative estimate of drug-likeness (QED) is 0.383. The van der Waals surface area contributed by atoms with Crippen LogP contribution in [0.1, 0.15) is 5.56 Å². The highest BCUT2D eigenvalue weighted by Crippen LogP contribution is 2.35. The summed E-state index contributed by atoms with van der Waals surface area (Å²) in [4.78, 5) is 21.2. The molecule has 0 N–H and O–H groups in total. The van der Waals surface area contributed by atoms with Crippen molar-refractivity contribution in [1.82, 2.24) is 4.98 Å². The monoisotopic (exact) mass is 448 g/mol. The number of aromatic nitrogens is 1. The maximum atomic E-state index is 13.6. The van der Waals surface area contributed by atoms with Crippen molar-refractivity contribution in [2.45, 2.75) is 17.5 Å². The fourth-order valence-electron chi connectivity index (χ4n) is 3.46. The Morgan fingerprint density at radius 2 is 1.87 bits per heavy atom. The molecule has 0 fully saturated rings. The number of carbonyl (C=O) groups excluding carboxylic acids is 1. The number of carbonyl (C=O) groups is 1. The zero-order valence-corrected chi connectivity index (χ0v) is 18.5. The van der Waals surface area contributed by atoms with E-state index in [-0.39, 0.29) is 12.5 Å². The predicted octanol–water partition coefficient (Wildman–Crippen LogP) is 5.39. The molecule has 0 radical (unpaired) electrons. The van der Waals surface area contributed by atoms with Crippen LogP contribution in [0.3, 0.4) is 0 Å². The number of hydrogen-bond acceptors (Lipinski definition) is 6. The van der Waals surface area contributed by atoms with Crippen LogP contribution in [0.2, 0.25) is 0 Å². The van der Waals surface area contributed by atoms with Crippen LogP contribution in [-0.2, 0) is 11.3 Å². The standard InChI is InChI=1S/C24H20N2O3S2/c1-30-17-11-12-18-22(13-17)31-24(25-18)26(14-16-7-3-2-4-8-16)23(27)21-15-28-19-9-5-6-10-20(19)29-21/h2-13,21H,14-15H2,1H3. The number of para-hydroxylation sites is 2. The van der Waals surface area contributed by atoms with Crippen molar-refractivity contribution in [3.8, 4) is 11.5 Å². The molecule has 0 saturated heterocycles. The zero-order valence-electron chi connectivity index (χ0n) is 16.9. The highest BCUT2D eigenvalue weighted by molar-refractivity contribution is 7.98. The largest absolute Gasteiger partial charge is 0.485 e. The van der Waals surface area contributed by atoms with Gasteiger partial charge in [-0.05, 0) is 42.2 Å². The highest BCUT2D eigenvalue weighted by Gasteiger charge is 2.33. The van der Waals surface area contributed by atoms with Gasteiger partial charge in [0.1, 0.15) is 6.61 Å². The lowest BCUT2D eigenvalue weighted by atomic mass is 10.2. The number of amides is 1. The van der Waals surface area contributed by atoms with E-state index in [1.54, 1.807) is 16.7 Å². The van der Waals surface area contributed by atoms with Crippen LogP contribution in [0.5, 0.6) is 11.5 Å². The van der Waals surface area contributed by atoms with Gasteiger partial charge in [0.25, 0.3) is 5.91 Å². The van der Waals surface area contributed by atoms with E-state index in [4.69, 9.17) is 14.5 Å². The van der Waals surface area contributed by atoms with Crippen LogP contribution in [0.15, 0.2) is 77.7 Å². The summed E-state index contributed by atoms with van der Waals surface area (Å²) in [5.74, 6) is 1.08. The van der Waals surface area contributed by atoms with Crippen LogP contribution in [0, 0.1) is 0 Å². The molecule has 0 bridgehead atoms. The second-order valence-electron chi connectivity index (χ2n) is 7.10. The number of thiazole rings is 1. The predicted molar refractivity (Wildman–Crippen MR) is 125 cm³/mol. The lowest BCUT2D eigenvalue weighted by molar-refractivity contribution is -0.127. The third-order valence-corrected chi connectivity index (χ3v) is 6.82. The van der Waals surface area contributed by atoms with E-state index in [1.165, 1.54) is 16.2 Å². The van der Waals surface area contributed by atoms with Crippen molar-refractivity contribution < 1.29 is 14.3 Å². The molecule has 4 aromatic rings. The van der Waals surface area contributed by atoms with Crippen molar-refractivity contribution in [2.24, 2.45) is 0 Å². The third-order valence-electron chi connectivity index (χ3n) is 5.05. The van der Waals surface area contributed by atoms with Gasteiger partial charge in [0.2, 0.25) is 6.10 Å². The van der Waals surface area contributed by atoms with Crippen LogP contribution in [0.25, 0.3) is 10.2 Å². The van der Waals surface area contributed by atoms with Gasteiger partial charge in [0.05, 0.1) is 16.8 Å². The molecular weight excluding hydrogens is 428 g/mol. The first-order valence-corrected chi connectivity index (χ1v) is 11.9. The molecule has 1 aromatic heterocycles. The number of nitrogens with zero attached hydrogens (tertiary/aromatic N) is 2. The van der Waals surface area contributed by atoms with Gasteiger partial charge in [0, 0.05) is 4.90 Å². The topological polar surface area (TPSA) is 51.7 Å². The van der Waals surface area contributed by atoms with Gasteiger partial charge in [-0.2, -0.15) is 0 Å². The number of anilines is 1. The molecule has 1 amide bonds. The van der Waals surface area contributed by atoms with E-state index in [2.05, 4.69) is 12.1 Å². The lowest BCUT2D eigenvalue weighted by Crippen LogP contribution is -2.46. The summed E-state index contributed by atoms with van der Waals surface area (Å²) < 4.78 is 12.8. The summed E-state index contributed by atoms with van der Waals surface area (Å²) in [5, 5.41) is 0.657. The number of rotatable bonds is 5. The van der Waals surface area contributed by atoms with Gasteiger partial charge >= 0.3 is 0 Å². The molecule has 0 spiro atoms. The molecule has 0 saturated carbocycles. The molecular formula is C24H20N2O3S2. The summed E-state index contributed by atoms with van der Waals surface area (Å²) in [7, 11) is 0. The Balaban J connectivity index is 1.49. The summed E-state index contributed by atoms with van der Waals surface area (Å²) in [6, 6.07) is 23.5. The molecule has 31 heavy (non-hydrogen) atoms. The fourth-order valence-corrected chi connectivity index (χ4v) is 4.98. The van der Waals surface area contributed by atoms with Crippen molar-refractivity contribution in [3.05, 3.63) is 78.4 Å². The number of hydrogen-bond donors (Lipinski definition) is 0. The summed E-state index contributed by atoms with van der Waals surface area (Å²) in [6.45, 7) is 0.582. The minimum Gasteiger partial charge on any atom is -0.485 e. The van der Waals surface area contributed by atoms with Gasteiger partial charge in [0.15, 0.2) is 16.6 Å². The average Bonchev–Trinajstić information content (AvgIpc) is 3.25. The van der Waals surface area contributed by atoms with E-state index in [1.807, 2.05) is 66.9 Å². The van der Waals surface area contributed by atoms with Gasteiger partial charge < -0.3 is 9.47 Å². The van der Waals surface area contributed by atoms with Crippen molar-refractivity contribution >= 4 is 44.4 Å². The van der Waals surface area contributed by atoms with Crippen LogP contribution >= 0.6 is 23.1 Å². The summed E-state index contributed by atoms with van der Waals surface area (Å²) in [5.41, 5.74) is 1.91. The number of thioether (sulfide) groups is 1. The Morgan fingerprint density at radius 3 is 2.68 bits per heavy atom. The summed E-state index contributed by atoms with van der Waals surface area (Å²) in [6.07, 6.45) is 1.32. The third kappa shape index (κ3) is 4.11. The van der Waals surface area contributed by atoms with Gasteiger partial charge in [-0.1, -0.05) is 53.8 Å². The molecule has 0 aliphatic carbocycles. The molecule has 1 atom stereocenters. The van der Waals surface area contributed by atoms with Crippen LogP contribution < -0.4 is 14.4 Å². The molecule has 5 nitrogen and oxygen atoms in total. The van der Waals surface area contributed by atoms with E-state index in [0.29, 0.717) is 23.2 Å². The Morgan fingerprint density at radius 1 is 1.10 bits per heavy atom. The molecule has 1 unspecified atom stereocenters. The number of fused-ring (bicyclic) bond motifs is 2. The minimum absolute atomic E-state index is 0.164. The lowest BCUT2D eigenvalue weighted by Gasteiger charge is -2.29. The Labute approximate surface area is 188 Å². The van der Waals surface area contributed by atoms with E-state index in [0.717, 1.165) is 15.8 Å². The Hall–Kier alpha value is -3.03. The van der Waals surface area contributed by atoms with E-state index >= 15 is 0 Å². The van der Waals surface area contributed by atoms with E-state index in [9.17, 15) is 4.79 Å². The SMILES string of the molecule is CSc1ccc2nc(N(Cc3ccccc3)C(=O)C3COc4ccccc4O3)sc2c1. The Bertz CT molecular complexity index is 1230. The summed E-state index contributed by atoms with van der Waals surface area (Å²) >= 11 is 3.20. The van der Waals surface area contributed by atoms with Crippen LogP contribution in [-0.4, -0.2) is 29.9 Å². The highest BCUT2D eigenvalue weighted by atomic mass is 32.2. The second-order valence-corrected chi connectivity index (χ2v) is 8.99. The normalized spacial score (nSPS) is 15.1. The van der Waals surface area contributed by atoms with Crippen molar-refractivity contribution in [1.29, 1.82) is 0 Å². The molecule has 3 aromatic carbocycles. The van der Waals surface area contributed by atoms with Crippen molar-refractivity contribution in [2.75, 3.05) is 17.8 Å². The van der Waals surface area contributed by atoms with E-state index < -0.39 is 6.10 Å². The number of ether oxygens (including phenoxy) is 2. The average molecular weight is 449 g/mol. The second kappa shape index (κ2) is 8.61.